The Morgan fingerprint density at radius 1 is 0.324 bits per heavy atom. The van der Waals surface area contributed by atoms with Gasteiger partial charge in [0.2, 0.25) is 29.1 Å². The van der Waals surface area contributed by atoms with Crippen molar-refractivity contribution in [3.8, 4) is 39.1 Å². The lowest BCUT2D eigenvalue weighted by atomic mass is 9.68. The second kappa shape index (κ2) is 38.9. The van der Waals surface area contributed by atoms with Crippen LogP contribution in [0, 0.1) is 70.2 Å². The van der Waals surface area contributed by atoms with E-state index in [-0.39, 0.29) is 78.2 Å². The van der Waals surface area contributed by atoms with Crippen LogP contribution in [-0.4, -0.2) is 33.0 Å². The largest absolute Gasteiger partial charge is 0.491 e. The number of rotatable bonds is 26. The highest BCUT2D eigenvalue weighted by Crippen LogP contribution is 2.47. The molecule has 0 amide bonds. The fourth-order valence-electron chi connectivity index (χ4n) is 16.1. The lowest BCUT2D eigenvalue weighted by Gasteiger charge is -2.38. The van der Waals surface area contributed by atoms with E-state index in [0.29, 0.717) is 93.6 Å². The lowest BCUT2D eigenvalue weighted by Crippen LogP contribution is -2.25. The molecule has 14 rings (SSSR count). The minimum Gasteiger partial charge on any atom is -0.491 e. The van der Waals surface area contributed by atoms with E-state index >= 15 is 0 Å². The van der Waals surface area contributed by atoms with Crippen molar-refractivity contribution in [1.29, 1.82) is 0 Å². The van der Waals surface area contributed by atoms with Crippen LogP contribution in [0.3, 0.4) is 0 Å². The summed E-state index contributed by atoms with van der Waals surface area (Å²) in [5.41, 5.74) is 6.85. The van der Waals surface area contributed by atoms with Crippen molar-refractivity contribution in [2.45, 2.75) is 209 Å². The van der Waals surface area contributed by atoms with Gasteiger partial charge in [-0.3, -0.25) is 0 Å². The number of halogens is 8. The van der Waals surface area contributed by atoms with Crippen LogP contribution in [0.5, 0.6) is 5.75 Å². The van der Waals surface area contributed by atoms with Gasteiger partial charge in [-0.05, 0) is 228 Å². The van der Waals surface area contributed by atoms with Gasteiger partial charge in [0.05, 0.1) is 6.61 Å². The summed E-state index contributed by atoms with van der Waals surface area (Å²) < 4.78 is 163. The molecule has 17 heteroatoms. The Balaban J connectivity index is 0.000000146. The summed E-state index contributed by atoms with van der Waals surface area (Å²) in [6, 6.07) is 37.3. The number of aryl methyl sites for hydroxylation is 1. The molecular weight excluding hydrogens is 1390 g/mol. The number of furan rings is 4. The standard InChI is InChI=1S/C26H36F2O2.C26H30F2O2.C26H24F2O2.C13H14F2O3/c3*1-3-5-17-6-8-18(9-7-17)19-10-12-20(13-11-19)23-15-21-14-22(16-29-4-2)30-26(21)25(28)24(23)27;1-3-16-7-9-5-8-6-10(17-4-2)11(14)12(15)13(8)18-9/h14-15,17-20H,3-13,16H2,1-2H3;10-15,17-18H,3-9,16H2,1-2H3;6-15H,3-5,16H2,1-2H3;5-6H,3-4,7H2,1-2H3. The van der Waals surface area contributed by atoms with Crippen molar-refractivity contribution in [1.82, 2.24) is 0 Å². The fraction of sp³-hybridized carbons (Fsp3) is 0.451. The molecule has 578 valence electrons. The predicted octanol–water partition coefficient (Wildman–Crippen LogP) is 27.3. The van der Waals surface area contributed by atoms with Crippen LogP contribution in [0.2, 0.25) is 0 Å². The minimum atomic E-state index is -1.03. The highest BCUT2D eigenvalue weighted by molar-refractivity contribution is 5.87. The zero-order valence-electron chi connectivity index (χ0n) is 63.8. The first-order chi connectivity index (χ1) is 52.5. The van der Waals surface area contributed by atoms with Crippen molar-refractivity contribution < 1.29 is 76.5 Å². The Labute approximate surface area is 630 Å². The third-order valence-electron chi connectivity index (χ3n) is 21.8. The van der Waals surface area contributed by atoms with Gasteiger partial charge in [0, 0.05) is 59.1 Å². The first kappa shape index (κ1) is 80.8. The van der Waals surface area contributed by atoms with Crippen molar-refractivity contribution in [2.24, 2.45) is 23.7 Å². The first-order valence-electron chi connectivity index (χ1n) is 39.3. The van der Waals surface area contributed by atoms with Gasteiger partial charge in [0.15, 0.2) is 45.5 Å². The van der Waals surface area contributed by atoms with Gasteiger partial charge in [0.1, 0.15) is 49.5 Å². The Kier molecular flexibility index (Phi) is 29.1. The van der Waals surface area contributed by atoms with Gasteiger partial charge in [-0.2, -0.15) is 22.0 Å². The maximum Gasteiger partial charge on any atom is 0.205 e. The van der Waals surface area contributed by atoms with Crippen molar-refractivity contribution in [3.05, 3.63) is 208 Å². The molecule has 0 N–H and O–H groups in total. The molecule has 3 aliphatic carbocycles. The monoisotopic (exact) mass is 1490 g/mol. The van der Waals surface area contributed by atoms with E-state index in [1.54, 1.807) is 43.3 Å². The van der Waals surface area contributed by atoms with Crippen LogP contribution < -0.4 is 4.74 Å². The van der Waals surface area contributed by atoms with Crippen LogP contribution in [0.1, 0.15) is 216 Å². The van der Waals surface area contributed by atoms with Crippen molar-refractivity contribution >= 4 is 43.9 Å². The topological polar surface area (TPSA) is 98.7 Å². The van der Waals surface area contributed by atoms with E-state index in [1.165, 1.54) is 94.2 Å². The van der Waals surface area contributed by atoms with Gasteiger partial charge < -0.3 is 41.4 Å². The molecule has 0 saturated heterocycles. The molecule has 4 aromatic heterocycles. The van der Waals surface area contributed by atoms with Crippen LogP contribution in [-0.2, 0) is 51.8 Å². The third-order valence-corrected chi connectivity index (χ3v) is 21.8. The van der Waals surface area contributed by atoms with Crippen LogP contribution in [0.4, 0.5) is 35.1 Å². The average Bonchev–Trinajstić information content (AvgIpc) is 1.46. The first-order valence-corrected chi connectivity index (χ1v) is 39.3. The van der Waals surface area contributed by atoms with Crippen molar-refractivity contribution in [2.75, 3.05) is 33.0 Å². The molecule has 11 aromatic rings. The van der Waals surface area contributed by atoms with E-state index < -0.39 is 46.5 Å². The normalized spacial score (nSPS) is 18.1. The maximum absolute atomic E-state index is 14.9. The summed E-state index contributed by atoms with van der Waals surface area (Å²) in [5.74, 6) is -1.32. The van der Waals surface area contributed by atoms with E-state index in [0.717, 1.165) is 73.3 Å². The summed E-state index contributed by atoms with van der Waals surface area (Å²) in [4.78, 5) is 0. The van der Waals surface area contributed by atoms with Crippen molar-refractivity contribution in [3.63, 3.8) is 0 Å². The van der Waals surface area contributed by atoms with Gasteiger partial charge >= 0.3 is 0 Å². The van der Waals surface area contributed by atoms with E-state index in [4.69, 9.17) is 41.4 Å². The minimum absolute atomic E-state index is 0.0171. The molecule has 9 nitrogen and oxygen atoms in total. The van der Waals surface area contributed by atoms with Gasteiger partial charge in [-0.1, -0.05) is 139 Å². The molecule has 0 spiro atoms. The highest BCUT2D eigenvalue weighted by atomic mass is 19.2. The third kappa shape index (κ3) is 19.7. The second-order valence-electron chi connectivity index (χ2n) is 29.0. The fourth-order valence-corrected chi connectivity index (χ4v) is 16.1. The van der Waals surface area contributed by atoms with Crippen LogP contribution in [0.25, 0.3) is 77.3 Å². The zero-order chi connectivity index (χ0) is 76.4. The number of hydrogen-bond acceptors (Lipinski definition) is 9. The molecule has 4 heterocycles. The average molecular weight is 1490 g/mol. The highest BCUT2D eigenvalue weighted by Gasteiger charge is 2.34. The molecular formula is C91H104F8O9. The molecule has 3 aliphatic rings. The zero-order valence-corrected chi connectivity index (χ0v) is 63.8. The molecule has 3 fully saturated rings. The molecule has 0 bridgehead atoms. The SMILES string of the molecule is CCCC1CCC(C2CCC(c3cc4cc(COCC)oc4c(F)c3F)CC2)CC1.CCCC1CCC(c2ccc(-c3cc4cc(COCC)oc4c(F)c3F)cc2)CC1.CCCc1ccc(-c2ccc(-c3cc4cc(COCC)oc4c(F)c3F)cc2)cc1.CCOCc1cc2cc(OCC)c(F)c(F)c2o1. The summed E-state index contributed by atoms with van der Waals surface area (Å²) in [5, 5.41) is 2.19. The summed E-state index contributed by atoms with van der Waals surface area (Å²) in [6.07, 6.45) is 22.2. The summed E-state index contributed by atoms with van der Waals surface area (Å²) >= 11 is 0. The van der Waals surface area contributed by atoms with E-state index in [2.05, 4.69) is 57.2 Å². The molecule has 108 heavy (non-hydrogen) atoms. The molecule has 0 unspecified atom stereocenters. The second-order valence-corrected chi connectivity index (χ2v) is 29.0. The number of ether oxygens (including phenoxy) is 5. The summed E-state index contributed by atoms with van der Waals surface area (Å²) in [6.45, 7) is 19.3. The smallest absolute Gasteiger partial charge is 0.205 e. The molecule has 7 aromatic carbocycles. The Morgan fingerprint density at radius 2 is 0.676 bits per heavy atom. The molecule has 0 atom stereocenters. The van der Waals surface area contributed by atoms with Crippen LogP contribution in [0.15, 0.2) is 139 Å². The summed E-state index contributed by atoms with van der Waals surface area (Å²) in [7, 11) is 0. The maximum atomic E-state index is 14.9. The van der Waals surface area contributed by atoms with E-state index in [1.807, 2.05) is 70.2 Å². The molecule has 0 aliphatic heterocycles. The number of fused-ring (bicyclic) bond motifs is 4. The predicted molar refractivity (Wildman–Crippen MR) is 412 cm³/mol. The quantitative estimate of drug-likeness (QED) is 0.0491. The molecule has 3 saturated carbocycles. The van der Waals surface area contributed by atoms with Gasteiger partial charge in [0.25, 0.3) is 0 Å². The molecule has 0 radical (unpaired) electrons. The van der Waals surface area contributed by atoms with Crippen LogP contribution >= 0.6 is 0 Å². The lowest BCUT2D eigenvalue weighted by molar-refractivity contribution is 0.119. The Bertz CT molecular complexity index is 4660. The number of hydrogen-bond donors (Lipinski definition) is 0. The Hall–Kier alpha value is -8.22. The van der Waals surface area contributed by atoms with E-state index in [9.17, 15) is 35.1 Å². The van der Waals surface area contributed by atoms with Gasteiger partial charge in [-0.25, -0.2) is 13.2 Å². The Morgan fingerprint density at radius 3 is 1.08 bits per heavy atom. The number of benzene rings is 7. The van der Waals surface area contributed by atoms with Gasteiger partial charge in [-0.15, -0.1) is 0 Å².